The first kappa shape index (κ1) is 11.0. The molecule has 1 heterocycles. The van der Waals surface area contributed by atoms with E-state index in [4.69, 9.17) is 0 Å². The zero-order valence-corrected chi connectivity index (χ0v) is 10.5. The predicted molar refractivity (Wildman–Crippen MR) is 73.5 cm³/mol. The molecule has 0 bridgehead atoms. The average Bonchev–Trinajstić information content (AvgIpc) is 2.62. The molecule has 0 fully saturated rings. The van der Waals surface area contributed by atoms with E-state index in [9.17, 15) is 4.79 Å². The Morgan fingerprint density at radius 3 is 2.39 bits per heavy atom. The van der Waals surface area contributed by atoms with Crippen molar-refractivity contribution < 1.29 is 4.79 Å². The van der Waals surface area contributed by atoms with E-state index in [-0.39, 0.29) is 5.91 Å². The Bertz CT molecular complexity index is 614. The largest absolute Gasteiger partial charge is 0.324 e. The molecule has 1 aliphatic heterocycles. The summed E-state index contributed by atoms with van der Waals surface area (Å²) in [6.45, 7) is 3.92. The second-order valence-corrected chi connectivity index (χ2v) is 5.17. The standard InChI is InChI=1S/C16H15NO/c1-16(2)13-10-6-9-12(14(13)17-15(16)18)11-7-4-3-5-8-11/h3-10H,1-2H3,(H,17,18). The lowest BCUT2D eigenvalue weighted by Crippen LogP contribution is -2.26. The first-order chi connectivity index (χ1) is 8.60. The first-order valence-corrected chi connectivity index (χ1v) is 6.11. The molecule has 1 N–H and O–H groups in total. The third-order valence-corrected chi connectivity index (χ3v) is 3.63. The number of fused-ring (bicyclic) bond motifs is 1. The van der Waals surface area contributed by atoms with E-state index in [0.29, 0.717) is 0 Å². The minimum Gasteiger partial charge on any atom is -0.324 e. The van der Waals surface area contributed by atoms with Crippen LogP contribution >= 0.6 is 0 Å². The van der Waals surface area contributed by atoms with Crippen molar-refractivity contribution in [1.82, 2.24) is 0 Å². The van der Waals surface area contributed by atoms with E-state index in [1.165, 1.54) is 0 Å². The van der Waals surface area contributed by atoms with Crippen LogP contribution in [0.15, 0.2) is 48.5 Å². The molecule has 2 heteroatoms. The summed E-state index contributed by atoms with van der Waals surface area (Å²) in [4.78, 5) is 12.0. The number of para-hydroxylation sites is 1. The van der Waals surface area contributed by atoms with Crippen LogP contribution in [-0.2, 0) is 10.2 Å². The van der Waals surface area contributed by atoms with Crippen LogP contribution in [0.25, 0.3) is 11.1 Å². The topological polar surface area (TPSA) is 29.1 Å². The van der Waals surface area contributed by atoms with Gasteiger partial charge in [0.25, 0.3) is 0 Å². The van der Waals surface area contributed by atoms with Gasteiger partial charge in [-0.05, 0) is 25.0 Å². The molecule has 18 heavy (non-hydrogen) atoms. The number of nitrogens with one attached hydrogen (secondary N) is 1. The van der Waals surface area contributed by atoms with Crippen molar-refractivity contribution >= 4 is 11.6 Å². The summed E-state index contributed by atoms with van der Waals surface area (Å²) in [5.41, 5.74) is 3.81. The van der Waals surface area contributed by atoms with Crippen molar-refractivity contribution in [3.05, 3.63) is 54.1 Å². The summed E-state index contributed by atoms with van der Waals surface area (Å²) in [6.07, 6.45) is 0. The molecule has 90 valence electrons. The van der Waals surface area contributed by atoms with E-state index in [1.807, 2.05) is 44.2 Å². The molecule has 2 nitrogen and oxygen atoms in total. The first-order valence-electron chi connectivity index (χ1n) is 6.11. The molecule has 0 unspecified atom stereocenters. The fourth-order valence-corrected chi connectivity index (χ4v) is 2.46. The minimum absolute atomic E-state index is 0.0703. The van der Waals surface area contributed by atoms with Gasteiger partial charge in [-0.2, -0.15) is 0 Å². The second kappa shape index (κ2) is 3.70. The molecular weight excluding hydrogens is 222 g/mol. The molecule has 0 saturated heterocycles. The molecule has 0 aliphatic carbocycles. The van der Waals surface area contributed by atoms with Crippen LogP contribution in [-0.4, -0.2) is 5.91 Å². The van der Waals surface area contributed by atoms with Gasteiger partial charge in [-0.15, -0.1) is 0 Å². The maximum Gasteiger partial charge on any atom is 0.234 e. The fraction of sp³-hybridized carbons (Fsp3) is 0.188. The van der Waals surface area contributed by atoms with E-state index in [0.717, 1.165) is 22.4 Å². The Hall–Kier alpha value is -2.09. The van der Waals surface area contributed by atoms with Crippen LogP contribution in [0.3, 0.4) is 0 Å². The van der Waals surface area contributed by atoms with Gasteiger partial charge in [0.15, 0.2) is 0 Å². The van der Waals surface area contributed by atoms with Gasteiger partial charge in [-0.3, -0.25) is 4.79 Å². The summed E-state index contributed by atoms with van der Waals surface area (Å²) in [7, 11) is 0. The fourth-order valence-electron chi connectivity index (χ4n) is 2.46. The molecule has 0 atom stereocenters. The van der Waals surface area contributed by atoms with Gasteiger partial charge in [0.05, 0.1) is 11.1 Å². The number of amides is 1. The lowest BCUT2D eigenvalue weighted by molar-refractivity contribution is -0.119. The Morgan fingerprint density at radius 2 is 1.67 bits per heavy atom. The number of carbonyl (C=O) groups is 1. The lowest BCUT2D eigenvalue weighted by atomic mass is 9.85. The predicted octanol–water partition coefficient (Wildman–Crippen LogP) is 3.58. The van der Waals surface area contributed by atoms with Crippen LogP contribution in [0, 0.1) is 0 Å². The normalized spacial score (nSPS) is 16.2. The van der Waals surface area contributed by atoms with E-state index >= 15 is 0 Å². The smallest absolute Gasteiger partial charge is 0.234 e. The molecule has 0 saturated carbocycles. The van der Waals surface area contributed by atoms with Crippen molar-refractivity contribution in [1.29, 1.82) is 0 Å². The molecule has 0 spiro atoms. The van der Waals surface area contributed by atoms with Crippen molar-refractivity contribution in [3.8, 4) is 11.1 Å². The van der Waals surface area contributed by atoms with Crippen LogP contribution in [0.2, 0.25) is 0 Å². The SMILES string of the molecule is CC1(C)C(=O)Nc2c(-c3ccccc3)cccc21. The summed E-state index contributed by atoms with van der Waals surface area (Å²) in [5, 5.41) is 3.02. The van der Waals surface area contributed by atoms with Crippen LogP contribution in [0.5, 0.6) is 0 Å². The Morgan fingerprint density at radius 1 is 0.944 bits per heavy atom. The highest BCUT2D eigenvalue weighted by molar-refractivity contribution is 6.09. The number of hydrogen-bond acceptors (Lipinski definition) is 1. The molecular formula is C16H15NO. The highest BCUT2D eigenvalue weighted by atomic mass is 16.2. The summed E-state index contributed by atoms with van der Waals surface area (Å²) in [5.74, 6) is 0.0703. The van der Waals surface area contributed by atoms with Crippen molar-refractivity contribution in [2.75, 3.05) is 5.32 Å². The summed E-state index contributed by atoms with van der Waals surface area (Å²) in [6, 6.07) is 16.2. The van der Waals surface area contributed by atoms with Gasteiger partial charge in [0.1, 0.15) is 0 Å². The van der Waals surface area contributed by atoms with Gasteiger partial charge in [-0.25, -0.2) is 0 Å². The van der Waals surface area contributed by atoms with E-state index in [2.05, 4.69) is 23.5 Å². The zero-order chi connectivity index (χ0) is 12.8. The average molecular weight is 237 g/mol. The molecule has 2 aromatic carbocycles. The minimum atomic E-state index is -0.444. The maximum absolute atomic E-state index is 12.0. The lowest BCUT2D eigenvalue weighted by Gasteiger charge is -2.15. The molecule has 1 amide bonds. The quantitative estimate of drug-likeness (QED) is 0.807. The van der Waals surface area contributed by atoms with Crippen LogP contribution in [0.4, 0.5) is 5.69 Å². The summed E-state index contributed by atoms with van der Waals surface area (Å²) < 4.78 is 0. The second-order valence-electron chi connectivity index (χ2n) is 5.17. The number of anilines is 1. The van der Waals surface area contributed by atoms with Crippen LogP contribution in [0.1, 0.15) is 19.4 Å². The Kier molecular flexibility index (Phi) is 2.27. The highest BCUT2D eigenvalue weighted by Crippen LogP contribution is 2.42. The third kappa shape index (κ3) is 1.46. The number of carbonyl (C=O) groups excluding carboxylic acids is 1. The molecule has 1 aliphatic rings. The number of benzene rings is 2. The maximum atomic E-state index is 12.0. The van der Waals surface area contributed by atoms with Gasteiger partial charge >= 0.3 is 0 Å². The van der Waals surface area contributed by atoms with Crippen molar-refractivity contribution in [3.63, 3.8) is 0 Å². The van der Waals surface area contributed by atoms with Gasteiger partial charge in [-0.1, -0.05) is 48.5 Å². The van der Waals surface area contributed by atoms with E-state index in [1.54, 1.807) is 0 Å². The molecule has 0 aromatic heterocycles. The van der Waals surface area contributed by atoms with Gasteiger partial charge in [0, 0.05) is 5.56 Å². The summed E-state index contributed by atoms with van der Waals surface area (Å²) >= 11 is 0. The molecule has 3 rings (SSSR count). The van der Waals surface area contributed by atoms with Crippen molar-refractivity contribution in [2.45, 2.75) is 19.3 Å². The van der Waals surface area contributed by atoms with E-state index < -0.39 is 5.41 Å². The van der Waals surface area contributed by atoms with Gasteiger partial charge in [0.2, 0.25) is 5.91 Å². The van der Waals surface area contributed by atoms with Crippen molar-refractivity contribution in [2.24, 2.45) is 0 Å². The molecule has 0 radical (unpaired) electrons. The number of hydrogen-bond donors (Lipinski definition) is 1. The molecule has 2 aromatic rings. The Labute approximate surface area is 107 Å². The van der Waals surface area contributed by atoms with Crippen LogP contribution < -0.4 is 5.32 Å². The monoisotopic (exact) mass is 237 g/mol. The Balaban J connectivity index is 2.22. The zero-order valence-electron chi connectivity index (χ0n) is 10.5. The number of rotatable bonds is 1. The highest BCUT2D eigenvalue weighted by Gasteiger charge is 2.39. The van der Waals surface area contributed by atoms with Gasteiger partial charge < -0.3 is 5.32 Å². The third-order valence-electron chi connectivity index (χ3n) is 3.63.